The smallest absolute Gasteiger partial charge is 0.358 e. The summed E-state index contributed by atoms with van der Waals surface area (Å²) in [6.45, 7) is 0. The van der Waals surface area contributed by atoms with Crippen molar-refractivity contribution in [3.05, 3.63) is 36.2 Å². The molecule has 0 aliphatic carbocycles. The summed E-state index contributed by atoms with van der Waals surface area (Å²) in [5.74, 6) is -1.11. The molecular weight excluding hydrogens is 234 g/mol. The molecule has 6 nitrogen and oxygen atoms in total. The van der Waals surface area contributed by atoms with Crippen LogP contribution in [0, 0.1) is 0 Å². The van der Waals surface area contributed by atoms with Crippen molar-refractivity contribution in [1.82, 2.24) is 15.0 Å². The van der Waals surface area contributed by atoms with E-state index >= 15 is 0 Å². The Morgan fingerprint density at radius 3 is 2.89 bits per heavy atom. The predicted octanol–water partition coefficient (Wildman–Crippen LogP) is 1.93. The summed E-state index contributed by atoms with van der Waals surface area (Å²) in [5.41, 5.74) is 1.56. The van der Waals surface area contributed by atoms with Crippen LogP contribution in [0.2, 0.25) is 0 Å². The molecular formula is C12H9N3O3. The highest BCUT2D eigenvalue weighted by Crippen LogP contribution is 2.30. The number of aryl methyl sites for hydroxylation is 1. The molecule has 6 heteroatoms. The molecule has 3 rings (SSSR count). The van der Waals surface area contributed by atoms with Crippen molar-refractivity contribution >= 4 is 16.9 Å². The van der Waals surface area contributed by atoms with Crippen LogP contribution in [0.15, 0.2) is 34.9 Å². The molecule has 0 fully saturated rings. The van der Waals surface area contributed by atoms with Crippen LogP contribution in [-0.4, -0.2) is 26.1 Å². The second-order valence-corrected chi connectivity index (χ2v) is 3.84. The molecule has 1 aromatic carbocycles. The van der Waals surface area contributed by atoms with E-state index in [-0.39, 0.29) is 5.69 Å². The first-order valence-corrected chi connectivity index (χ1v) is 5.28. The van der Waals surface area contributed by atoms with Gasteiger partial charge in [-0.05, 0) is 6.07 Å². The monoisotopic (exact) mass is 243 g/mol. The maximum atomic E-state index is 11.1. The maximum Gasteiger partial charge on any atom is 0.358 e. The lowest BCUT2D eigenvalue weighted by Crippen LogP contribution is -2.00. The van der Waals surface area contributed by atoms with E-state index in [1.165, 1.54) is 11.1 Å². The molecule has 0 spiro atoms. The number of furan rings is 1. The van der Waals surface area contributed by atoms with E-state index in [9.17, 15) is 4.79 Å². The molecule has 3 aromatic rings. The van der Waals surface area contributed by atoms with Gasteiger partial charge in [-0.3, -0.25) is 0 Å². The second-order valence-electron chi connectivity index (χ2n) is 3.84. The molecule has 2 aromatic heterocycles. The third-order valence-corrected chi connectivity index (χ3v) is 2.65. The Kier molecular flexibility index (Phi) is 2.16. The molecule has 0 saturated heterocycles. The number of nitrogens with zero attached hydrogens (tertiary/aromatic N) is 3. The van der Waals surface area contributed by atoms with Crippen molar-refractivity contribution in [2.75, 3.05) is 0 Å². The van der Waals surface area contributed by atoms with E-state index in [0.717, 1.165) is 5.39 Å². The fraction of sp³-hybridized carbons (Fsp3) is 0.0833. The predicted molar refractivity (Wildman–Crippen MR) is 63.2 cm³/mol. The zero-order chi connectivity index (χ0) is 12.7. The molecule has 2 heterocycles. The van der Waals surface area contributed by atoms with Crippen LogP contribution in [0.4, 0.5) is 0 Å². The first kappa shape index (κ1) is 10.5. The van der Waals surface area contributed by atoms with Crippen LogP contribution in [0.1, 0.15) is 10.5 Å². The van der Waals surface area contributed by atoms with Gasteiger partial charge in [-0.15, -0.1) is 5.10 Å². The summed E-state index contributed by atoms with van der Waals surface area (Å²) >= 11 is 0. The van der Waals surface area contributed by atoms with Gasteiger partial charge in [-0.25, -0.2) is 4.79 Å². The highest BCUT2D eigenvalue weighted by molar-refractivity contribution is 5.99. The molecule has 0 aliphatic rings. The number of carbonyl (C=O) groups is 1. The first-order chi connectivity index (χ1) is 8.66. The number of hydrogen-bond acceptors (Lipinski definition) is 4. The van der Waals surface area contributed by atoms with Crippen LogP contribution >= 0.6 is 0 Å². The maximum absolute atomic E-state index is 11.1. The van der Waals surface area contributed by atoms with Gasteiger partial charge in [0.1, 0.15) is 17.5 Å². The van der Waals surface area contributed by atoms with Gasteiger partial charge >= 0.3 is 5.97 Å². The van der Waals surface area contributed by atoms with Crippen molar-refractivity contribution < 1.29 is 14.3 Å². The Morgan fingerprint density at radius 1 is 1.33 bits per heavy atom. The average molecular weight is 243 g/mol. The summed E-state index contributed by atoms with van der Waals surface area (Å²) < 4.78 is 5.38. The van der Waals surface area contributed by atoms with Crippen LogP contribution in [-0.2, 0) is 7.05 Å². The Hall–Kier alpha value is -2.63. The number of fused-ring (bicyclic) bond motifs is 1. The highest BCUT2D eigenvalue weighted by Gasteiger charge is 2.21. The van der Waals surface area contributed by atoms with Crippen molar-refractivity contribution in [2.45, 2.75) is 0 Å². The minimum Gasteiger partial charge on any atom is -0.476 e. The fourth-order valence-electron chi connectivity index (χ4n) is 1.89. The summed E-state index contributed by atoms with van der Waals surface area (Å²) in [4.78, 5) is 12.4. The van der Waals surface area contributed by atoms with E-state index in [1.54, 1.807) is 7.05 Å². The number of hydrogen-bond donors (Lipinski definition) is 1. The third-order valence-electron chi connectivity index (χ3n) is 2.65. The van der Waals surface area contributed by atoms with E-state index < -0.39 is 5.97 Å². The largest absolute Gasteiger partial charge is 0.476 e. The first-order valence-electron chi connectivity index (χ1n) is 5.28. The standard InChI is InChI=1S/C12H9N3O3/c1-15-13-10(11(14-15)12(16)17)8-6-18-9-5-3-2-4-7(8)9/h2-6H,1H3,(H,16,17). The van der Waals surface area contributed by atoms with Gasteiger partial charge in [0.2, 0.25) is 0 Å². The van der Waals surface area contributed by atoms with Gasteiger partial charge in [-0.2, -0.15) is 9.90 Å². The molecule has 90 valence electrons. The Morgan fingerprint density at radius 2 is 2.11 bits per heavy atom. The van der Waals surface area contributed by atoms with Crippen molar-refractivity contribution in [3.63, 3.8) is 0 Å². The lowest BCUT2D eigenvalue weighted by Gasteiger charge is -1.93. The average Bonchev–Trinajstić information content (AvgIpc) is 2.92. The highest BCUT2D eigenvalue weighted by atomic mass is 16.4. The number of aromatic nitrogens is 3. The molecule has 0 saturated carbocycles. The zero-order valence-electron chi connectivity index (χ0n) is 9.49. The lowest BCUT2D eigenvalue weighted by molar-refractivity contribution is 0.0690. The SMILES string of the molecule is Cn1nc(C(=O)O)c(-c2coc3ccccc23)n1. The summed E-state index contributed by atoms with van der Waals surface area (Å²) in [6.07, 6.45) is 1.50. The Balaban J connectivity index is 2.29. The summed E-state index contributed by atoms with van der Waals surface area (Å²) in [6, 6.07) is 7.38. The quantitative estimate of drug-likeness (QED) is 0.743. The molecule has 0 atom stereocenters. The van der Waals surface area contributed by atoms with Crippen LogP contribution in [0.25, 0.3) is 22.2 Å². The number of rotatable bonds is 2. The number of aromatic carboxylic acids is 1. The van der Waals surface area contributed by atoms with Gasteiger partial charge in [0, 0.05) is 12.4 Å². The molecule has 0 amide bonds. The van der Waals surface area contributed by atoms with Crippen LogP contribution in [0.5, 0.6) is 0 Å². The number of carboxylic acids is 1. The van der Waals surface area contributed by atoms with Gasteiger partial charge < -0.3 is 9.52 Å². The number of para-hydroxylation sites is 1. The van der Waals surface area contributed by atoms with E-state index in [4.69, 9.17) is 9.52 Å². The third kappa shape index (κ3) is 1.46. The van der Waals surface area contributed by atoms with Crippen LogP contribution in [0.3, 0.4) is 0 Å². The Labute approximate surface area is 101 Å². The van der Waals surface area contributed by atoms with Gasteiger partial charge in [0.25, 0.3) is 0 Å². The molecule has 0 bridgehead atoms. The minimum absolute atomic E-state index is 0.0796. The molecule has 0 radical (unpaired) electrons. The summed E-state index contributed by atoms with van der Waals surface area (Å²) in [5, 5.41) is 17.8. The number of benzene rings is 1. The van der Waals surface area contributed by atoms with Crippen molar-refractivity contribution in [3.8, 4) is 11.3 Å². The minimum atomic E-state index is -1.11. The zero-order valence-corrected chi connectivity index (χ0v) is 9.49. The number of carboxylic acid groups (broad SMARTS) is 1. The van der Waals surface area contributed by atoms with E-state index in [1.807, 2.05) is 24.3 Å². The second kappa shape index (κ2) is 3.69. The molecule has 18 heavy (non-hydrogen) atoms. The van der Waals surface area contributed by atoms with Gasteiger partial charge in [0.05, 0.1) is 5.56 Å². The van der Waals surface area contributed by atoms with Gasteiger partial charge in [0.15, 0.2) is 5.69 Å². The molecule has 0 unspecified atom stereocenters. The lowest BCUT2D eigenvalue weighted by atomic mass is 10.1. The molecule has 0 aliphatic heterocycles. The summed E-state index contributed by atoms with van der Waals surface area (Å²) in [7, 11) is 1.58. The van der Waals surface area contributed by atoms with Crippen molar-refractivity contribution in [1.29, 1.82) is 0 Å². The van der Waals surface area contributed by atoms with Crippen molar-refractivity contribution in [2.24, 2.45) is 7.05 Å². The van der Waals surface area contributed by atoms with Gasteiger partial charge in [-0.1, -0.05) is 18.2 Å². The normalized spacial score (nSPS) is 10.9. The van der Waals surface area contributed by atoms with Crippen LogP contribution < -0.4 is 0 Å². The van der Waals surface area contributed by atoms with E-state index in [0.29, 0.717) is 16.8 Å². The molecule has 1 N–H and O–H groups in total. The fourth-order valence-corrected chi connectivity index (χ4v) is 1.89. The topological polar surface area (TPSA) is 81.2 Å². The Bertz CT molecular complexity index is 742. The van der Waals surface area contributed by atoms with E-state index in [2.05, 4.69) is 10.2 Å².